The number of imidazole rings is 1. The number of hydrogen-bond acceptors (Lipinski definition) is 4. The summed E-state index contributed by atoms with van der Waals surface area (Å²) in [6.45, 7) is 8.09. The van der Waals surface area contributed by atoms with Gasteiger partial charge < -0.3 is 19.1 Å². The highest BCUT2D eigenvalue weighted by Crippen LogP contribution is 2.28. The smallest absolute Gasteiger partial charge is 0.410 e. The molecule has 2 aromatic carbocycles. The Balaban J connectivity index is 1.61. The zero-order valence-corrected chi connectivity index (χ0v) is 20.8. The number of hydrogen-bond donors (Lipinski definition) is 0. The predicted molar refractivity (Wildman–Crippen MR) is 132 cm³/mol. The predicted octanol–water partition coefficient (Wildman–Crippen LogP) is 5.68. The molecule has 170 valence electrons. The Morgan fingerprint density at radius 1 is 1.19 bits per heavy atom. The largest absolute Gasteiger partial charge is 0.444 e. The van der Waals surface area contributed by atoms with Crippen molar-refractivity contribution in [1.29, 1.82) is 0 Å². The highest BCUT2D eigenvalue weighted by Gasteiger charge is 2.31. The van der Waals surface area contributed by atoms with Gasteiger partial charge in [-0.15, -0.1) is 0 Å². The molecule has 2 heterocycles. The van der Waals surface area contributed by atoms with Gasteiger partial charge in [0.15, 0.2) is 0 Å². The first-order valence-electron chi connectivity index (χ1n) is 11.1. The van der Waals surface area contributed by atoms with Crippen LogP contribution in [-0.4, -0.2) is 52.3 Å². The van der Waals surface area contributed by atoms with E-state index in [1.165, 1.54) is 5.56 Å². The average Bonchev–Trinajstić information content (AvgIpc) is 3.12. The fourth-order valence-corrected chi connectivity index (χ4v) is 4.43. The van der Waals surface area contributed by atoms with Crippen LogP contribution in [0, 0.1) is 0 Å². The summed E-state index contributed by atoms with van der Waals surface area (Å²) in [5, 5.41) is 0. The summed E-state index contributed by atoms with van der Waals surface area (Å²) in [6.07, 6.45) is 1.69. The number of carbonyl (C=O) groups excluding carboxylic acids is 1. The molecule has 0 bridgehead atoms. The van der Waals surface area contributed by atoms with Crippen LogP contribution in [0.1, 0.15) is 39.2 Å². The third-order valence-corrected chi connectivity index (χ3v) is 6.33. The van der Waals surface area contributed by atoms with Crippen molar-refractivity contribution in [3.05, 3.63) is 58.6 Å². The molecule has 1 fully saturated rings. The topological polar surface area (TPSA) is 50.6 Å². The lowest BCUT2D eigenvalue weighted by Crippen LogP contribution is -2.50. The first kappa shape index (κ1) is 22.6. The van der Waals surface area contributed by atoms with Crippen molar-refractivity contribution in [2.45, 2.75) is 51.8 Å². The van der Waals surface area contributed by atoms with Crippen LogP contribution in [0.25, 0.3) is 11.0 Å². The Kier molecular flexibility index (Phi) is 6.47. The Morgan fingerprint density at radius 3 is 2.62 bits per heavy atom. The van der Waals surface area contributed by atoms with Gasteiger partial charge in [-0.25, -0.2) is 9.78 Å². The fourth-order valence-electron chi connectivity index (χ4n) is 4.17. The Hall–Kier alpha value is -2.54. The van der Waals surface area contributed by atoms with Crippen LogP contribution in [0.4, 0.5) is 10.7 Å². The number of halogens is 1. The minimum Gasteiger partial charge on any atom is -0.444 e. The minimum atomic E-state index is -0.502. The van der Waals surface area contributed by atoms with Crippen molar-refractivity contribution in [3.8, 4) is 0 Å². The number of para-hydroxylation sites is 2. The highest BCUT2D eigenvalue weighted by atomic mass is 79.9. The molecule has 3 aromatic rings. The second-order valence-electron chi connectivity index (χ2n) is 9.45. The molecule has 4 rings (SSSR count). The van der Waals surface area contributed by atoms with Crippen molar-refractivity contribution in [3.63, 3.8) is 0 Å². The SMILES string of the molecule is CN(C(=O)OC(C)(C)C)C1CCCN(c2nc3ccccc3n2Cc2ccc(Br)cc2)C1. The molecule has 1 amide bonds. The van der Waals surface area contributed by atoms with Crippen LogP contribution in [0.2, 0.25) is 0 Å². The number of nitrogens with zero attached hydrogens (tertiary/aromatic N) is 4. The van der Waals surface area contributed by atoms with E-state index in [2.05, 4.69) is 67.9 Å². The van der Waals surface area contributed by atoms with Crippen LogP contribution in [0.3, 0.4) is 0 Å². The van der Waals surface area contributed by atoms with Gasteiger partial charge in [-0.05, 0) is 63.4 Å². The maximum Gasteiger partial charge on any atom is 0.410 e. The minimum absolute atomic E-state index is 0.0829. The van der Waals surface area contributed by atoms with E-state index in [4.69, 9.17) is 9.72 Å². The summed E-state index contributed by atoms with van der Waals surface area (Å²) in [7, 11) is 1.84. The van der Waals surface area contributed by atoms with Gasteiger partial charge in [0.1, 0.15) is 5.60 Å². The zero-order chi connectivity index (χ0) is 22.9. The van der Waals surface area contributed by atoms with Gasteiger partial charge in [0.25, 0.3) is 0 Å². The molecule has 1 atom stereocenters. The van der Waals surface area contributed by atoms with Gasteiger partial charge in [0.2, 0.25) is 5.95 Å². The summed E-state index contributed by atoms with van der Waals surface area (Å²) in [4.78, 5) is 21.7. The van der Waals surface area contributed by atoms with Crippen molar-refractivity contribution >= 4 is 39.0 Å². The van der Waals surface area contributed by atoms with E-state index in [-0.39, 0.29) is 12.1 Å². The van der Waals surface area contributed by atoms with Gasteiger partial charge in [-0.2, -0.15) is 0 Å². The van der Waals surface area contributed by atoms with Gasteiger partial charge in [0, 0.05) is 24.6 Å². The second-order valence-corrected chi connectivity index (χ2v) is 10.4. The standard InChI is InChI=1S/C25H31BrN4O2/c1-25(2,3)32-24(31)28(4)20-8-7-15-29(17-20)23-27-21-9-5-6-10-22(21)30(23)16-18-11-13-19(26)14-12-18/h5-6,9-14,20H,7-8,15-17H2,1-4H3. The van der Waals surface area contributed by atoms with Gasteiger partial charge in [0.05, 0.1) is 23.6 Å². The Bertz CT molecular complexity index is 1090. The van der Waals surface area contributed by atoms with Crippen molar-refractivity contribution in [2.75, 3.05) is 25.0 Å². The molecule has 1 saturated heterocycles. The molecular formula is C25H31BrN4O2. The maximum atomic E-state index is 12.6. The number of ether oxygens (including phenoxy) is 1. The van der Waals surface area contributed by atoms with Crippen LogP contribution >= 0.6 is 15.9 Å². The van der Waals surface area contributed by atoms with Crippen molar-refractivity contribution in [1.82, 2.24) is 14.5 Å². The number of carbonyl (C=O) groups is 1. The van der Waals surface area contributed by atoms with E-state index in [0.29, 0.717) is 0 Å². The molecule has 1 unspecified atom stereocenters. The van der Waals surface area contributed by atoms with E-state index in [9.17, 15) is 4.79 Å². The molecule has 32 heavy (non-hydrogen) atoms. The zero-order valence-electron chi connectivity index (χ0n) is 19.2. The van der Waals surface area contributed by atoms with Gasteiger partial charge >= 0.3 is 6.09 Å². The van der Waals surface area contributed by atoms with E-state index in [1.54, 1.807) is 4.90 Å². The number of piperidine rings is 1. The molecule has 0 N–H and O–H groups in total. The third-order valence-electron chi connectivity index (χ3n) is 5.80. The van der Waals surface area contributed by atoms with Gasteiger partial charge in [-0.3, -0.25) is 0 Å². The van der Waals surface area contributed by atoms with E-state index < -0.39 is 5.60 Å². The van der Waals surface area contributed by atoms with Crippen LogP contribution in [0.15, 0.2) is 53.0 Å². The van der Waals surface area contributed by atoms with E-state index in [1.807, 2.05) is 33.9 Å². The third kappa shape index (κ3) is 5.09. The number of fused-ring (bicyclic) bond motifs is 1. The normalized spacial score (nSPS) is 16.9. The molecule has 1 aliphatic rings. The maximum absolute atomic E-state index is 12.6. The first-order valence-corrected chi connectivity index (χ1v) is 11.9. The Labute approximate surface area is 198 Å². The lowest BCUT2D eigenvalue weighted by atomic mass is 10.1. The number of benzene rings is 2. The van der Waals surface area contributed by atoms with E-state index >= 15 is 0 Å². The molecule has 0 aliphatic carbocycles. The summed E-state index contributed by atoms with van der Waals surface area (Å²) in [6, 6.07) is 16.8. The summed E-state index contributed by atoms with van der Waals surface area (Å²) >= 11 is 3.52. The van der Waals surface area contributed by atoms with Crippen LogP contribution < -0.4 is 4.90 Å². The average molecular weight is 499 g/mol. The number of likely N-dealkylation sites (N-methyl/N-ethyl adjacent to an activating group) is 1. The molecule has 7 heteroatoms. The van der Waals surface area contributed by atoms with Crippen LogP contribution in [0.5, 0.6) is 0 Å². The fraction of sp³-hybridized carbons (Fsp3) is 0.440. The Morgan fingerprint density at radius 2 is 1.91 bits per heavy atom. The molecule has 6 nitrogen and oxygen atoms in total. The number of rotatable bonds is 4. The van der Waals surface area contributed by atoms with Crippen molar-refractivity contribution < 1.29 is 9.53 Å². The quantitative estimate of drug-likeness (QED) is 0.463. The van der Waals surface area contributed by atoms with E-state index in [0.717, 1.165) is 53.9 Å². The molecule has 0 saturated carbocycles. The molecule has 1 aromatic heterocycles. The summed E-state index contributed by atoms with van der Waals surface area (Å²) in [5.74, 6) is 0.955. The summed E-state index contributed by atoms with van der Waals surface area (Å²) in [5.41, 5.74) is 2.82. The molecule has 1 aliphatic heterocycles. The highest BCUT2D eigenvalue weighted by molar-refractivity contribution is 9.10. The summed E-state index contributed by atoms with van der Waals surface area (Å²) < 4.78 is 8.95. The van der Waals surface area contributed by atoms with Gasteiger partial charge in [-0.1, -0.05) is 40.2 Å². The lowest BCUT2D eigenvalue weighted by Gasteiger charge is -2.38. The van der Waals surface area contributed by atoms with Crippen molar-refractivity contribution in [2.24, 2.45) is 0 Å². The number of amides is 1. The molecule has 0 radical (unpaired) electrons. The number of aromatic nitrogens is 2. The van der Waals surface area contributed by atoms with Crippen LogP contribution in [-0.2, 0) is 11.3 Å². The monoisotopic (exact) mass is 498 g/mol. The molecule has 0 spiro atoms. The lowest BCUT2D eigenvalue weighted by molar-refractivity contribution is 0.0209. The first-order chi connectivity index (χ1) is 15.2. The second kappa shape index (κ2) is 9.14. The molecular weight excluding hydrogens is 468 g/mol. The number of anilines is 1.